The van der Waals surface area contributed by atoms with Gasteiger partial charge in [0, 0.05) is 0 Å². The van der Waals surface area contributed by atoms with Crippen LogP contribution >= 0.6 is 0 Å². The molecule has 0 heterocycles. The first kappa shape index (κ1) is 16.9. The van der Waals surface area contributed by atoms with Crippen LogP contribution in [0.25, 0.3) is 0 Å². The van der Waals surface area contributed by atoms with Gasteiger partial charge in [0.2, 0.25) is 0 Å². The molecule has 1 rings (SSSR count). The standard InChI is InChI=1S/C14H16F6/c1-11(2,3)9-7-5-6-8-10(9)12(4,13(15,16)17)14(18,19)20/h5-8H,1-4H3. The molecular formula is C14H16F6. The molecule has 0 saturated heterocycles. The van der Waals surface area contributed by atoms with Crippen LogP contribution < -0.4 is 0 Å². The summed E-state index contributed by atoms with van der Waals surface area (Å²) in [5.74, 6) is 0. The van der Waals surface area contributed by atoms with Gasteiger partial charge in [-0.05, 0) is 23.5 Å². The molecule has 1 aromatic carbocycles. The normalized spacial score (nSPS) is 14.5. The van der Waals surface area contributed by atoms with E-state index in [1.165, 1.54) is 18.2 Å². The zero-order chi connectivity index (χ0) is 16.0. The van der Waals surface area contributed by atoms with E-state index in [1.54, 1.807) is 20.8 Å². The lowest BCUT2D eigenvalue weighted by molar-refractivity contribution is -0.297. The number of hydrogen-bond donors (Lipinski definition) is 0. The molecule has 0 N–H and O–H groups in total. The Morgan fingerprint density at radius 3 is 1.30 bits per heavy atom. The van der Waals surface area contributed by atoms with Crippen molar-refractivity contribution in [1.82, 2.24) is 0 Å². The Morgan fingerprint density at radius 2 is 1.00 bits per heavy atom. The van der Waals surface area contributed by atoms with Crippen LogP contribution in [-0.2, 0) is 10.8 Å². The Bertz CT molecular complexity index is 462. The van der Waals surface area contributed by atoms with Gasteiger partial charge in [-0.25, -0.2) is 0 Å². The zero-order valence-corrected chi connectivity index (χ0v) is 11.6. The highest BCUT2D eigenvalue weighted by molar-refractivity contribution is 5.40. The van der Waals surface area contributed by atoms with Crippen LogP contribution in [0.5, 0.6) is 0 Å². The minimum Gasteiger partial charge on any atom is -0.170 e. The summed E-state index contributed by atoms with van der Waals surface area (Å²) in [5, 5.41) is 0. The maximum atomic E-state index is 13.1. The molecule has 0 aliphatic heterocycles. The fourth-order valence-electron chi connectivity index (χ4n) is 2.04. The van der Waals surface area contributed by atoms with Crippen LogP contribution in [0.15, 0.2) is 24.3 Å². The Morgan fingerprint density at radius 1 is 0.650 bits per heavy atom. The first-order valence-corrected chi connectivity index (χ1v) is 5.96. The van der Waals surface area contributed by atoms with Gasteiger partial charge in [0.05, 0.1) is 0 Å². The minimum atomic E-state index is -5.42. The number of halogens is 6. The molecule has 0 nitrogen and oxygen atoms in total. The van der Waals surface area contributed by atoms with Crippen molar-refractivity contribution < 1.29 is 26.3 Å². The molecule has 20 heavy (non-hydrogen) atoms. The summed E-state index contributed by atoms with van der Waals surface area (Å²) in [6.45, 7) is 4.94. The van der Waals surface area contributed by atoms with Crippen LogP contribution in [0.2, 0.25) is 0 Å². The van der Waals surface area contributed by atoms with Crippen molar-refractivity contribution in [3.05, 3.63) is 35.4 Å². The molecule has 0 saturated carbocycles. The van der Waals surface area contributed by atoms with Crippen LogP contribution in [0, 0.1) is 0 Å². The third-order valence-electron chi connectivity index (χ3n) is 3.41. The van der Waals surface area contributed by atoms with Gasteiger partial charge in [-0.1, -0.05) is 45.0 Å². The van der Waals surface area contributed by atoms with Crippen LogP contribution in [0.3, 0.4) is 0 Å². The molecule has 0 bridgehead atoms. The number of alkyl halides is 6. The maximum Gasteiger partial charge on any atom is 0.406 e. The van der Waals surface area contributed by atoms with Gasteiger partial charge in [-0.2, -0.15) is 26.3 Å². The van der Waals surface area contributed by atoms with Gasteiger partial charge < -0.3 is 0 Å². The minimum absolute atomic E-state index is 0.0390. The Labute approximate surface area is 113 Å². The summed E-state index contributed by atoms with van der Waals surface area (Å²) in [4.78, 5) is 0. The zero-order valence-electron chi connectivity index (χ0n) is 11.6. The van der Waals surface area contributed by atoms with E-state index < -0.39 is 28.7 Å². The van der Waals surface area contributed by atoms with E-state index in [2.05, 4.69) is 0 Å². The summed E-state index contributed by atoms with van der Waals surface area (Å²) in [7, 11) is 0. The van der Waals surface area contributed by atoms with Gasteiger partial charge >= 0.3 is 12.4 Å². The first-order chi connectivity index (χ1) is 8.73. The summed E-state index contributed by atoms with van der Waals surface area (Å²) in [6.07, 6.45) is -10.8. The SMILES string of the molecule is CC(C)(C)c1ccccc1C(C)(C(F)(F)F)C(F)(F)F. The first-order valence-electron chi connectivity index (χ1n) is 5.96. The third-order valence-corrected chi connectivity index (χ3v) is 3.41. The largest absolute Gasteiger partial charge is 0.406 e. The van der Waals surface area contributed by atoms with E-state index in [1.807, 2.05) is 0 Å². The van der Waals surface area contributed by atoms with Gasteiger partial charge in [0.25, 0.3) is 0 Å². The number of benzene rings is 1. The fourth-order valence-corrected chi connectivity index (χ4v) is 2.04. The molecule has 0 aliphatic carbocycles. The predicted octanol–water partition coefficient (Wildman–Crippen LogP) is 5.37. The molecule has 0 unspecified atom stereocenters. The number of hydrogen-bond acceptors (Lipinski definition) is 0. The molecule has 6 heteroatoms. The van der Waals surface area contributed by atoms with Gasteiger partial charge in [-0.3, -0.25) is 0 Å². The van der Waals surface area contributed by atoms with E-state index in [-0.39, 0.29) is 12.5 Å². The Kier molecular flexibility index (Phi) is 3.93. The van der Waals surface area contributed by atoms with Gasteiger partial charge in [0.15, 0.2) is 5.41 Å². The van der Waals surface area contributed by atoms with Gasteiger partial charge in [0.1, 0.15) is 0 Å². The topological polar surface area (TPSA) is 0 Å². The highest BCUT2D eigenvalue weighted by Gasteiger charge is 2.69. The fraction of sp³-hybridized carbons (Fsp3) is 0.571. The quantitative estimate of drug-likeness (QED) is 0.612. The van der Waals surface area contributed by atoms with Crippen molar-refractivity contribution in [3.63, 3.8) is 0 Å². The summed E-state index contributed by atoms with van der Waals surface area (Å²) < 4.78 is 78.8. The lowest BCUT2D eigenvalue weighted by atomic mass is 9.72. The van der Waals surface area contributed by atoms with Crippen LogP contribution in [0.4, 0.5) is 26.3 Å². The molecule has 114 valence electrons. The highest BCUT2D eigenvalue weighted by Crippen LogP contribution is 2.53. The smallest absolute Gasteiger partial charge is 0.170 e. The Hall–Kier alpha value is -1.20. The lowest BCUT2D eigenvalue weighted by Crippen LogP contribution is -2.52. The molecule has 0 amide bonds. The van der Waals surface area contributed by atoms with Crippen LogP contribution in [-0.4, -0.2) is 12.4 Å². The molecule has 0 fully saturated rings. The highest BCUT2D eigenvalue weighted by atomic mass is 19.4. The van der Waals surface area contributed by atoms with Crippen molar-refractivity contribution in [1.29, 1.82) is 0 Å². The van der Waals surface area contributed by atoms with E-state index >= 15 is 0 Å². The molecule has 0 spiro atoms. The van der Waals surface area contributed by atoms with Crippen molar-refractivity contribution in [2.45, 2.75) is 50.9 Å². The average molecular weight is 298 g/mol. The summed E-state index contributed by atoms with van der Waals surface area (Å²) >= 11 is 0. The maximum absolute atomic E-state index is 13.1. The summed E-state index contributed by atoms with van der Waals surface area (Å²) in [5.41, 5.74) is -5.41. The van der Waals surface area contributed by atoms with E-state index in [9.17, 15) is 26.3 Å². The number of rotatable bonds is 1. The molecule has 0 aromatic heterocycles. The lowest BCUT2D eigenvalue weighted by Gasteiger charge is -2.38. The monoisotopic (exact) mass is 298 g/mol. The second-order valence-electron chi connectivity index (χ2n) is 5.92. The predicted molar refractivity (Wildman–Crippen MR) is 64.6 cm³/mol. The van der Waals surface area contributed by atoms with Crippen molar-refractivity contribution in [2.24, 2.45) is 0 Å². The molecule has 0 atom stereocenters. The second kappa shape index (κ2) is 4.67. The van der Waals surface area contributed by atoms with E-state index in [0.717, 1.165) is 6.07 Å². The van der Waals surface area contributed by atoms with Crippen LogP contribution in [0.1, 0.15) is 38.8 Å². The summed E-state index contributed by atoms with van der Waals surface area (Å²) in [6, 6.07) is 4.85. The van der Waals surface area contributed by atoms with Crippen molar-refractivity contribution >= 4 is 0 Å². The third kappa shape index (κ3) is 2.65. The molecule has 0 aliphatic rings. The second-order valence-corrected chi connectivity index (χ2v) is 5.92. The van der Waals surface area contributed by atoms with Crippen molar-refractivity contribution in [3.8, 4) is 0 Å². The Balaban J connectivity index is 3.70. The van der Waals surface area contributed by atoms with Gasteiger partial charge in [-0.15, -0.1) is 0 Å². The van der Waals surface area contributed by atoms with Crippen molar-refractivity contribution in [2.75, 3.05) is 0 Å². The molecule has 0 radical (unpaired) electrons. The van der Waals surface area contributed by atoms with E-state index in [4.69, 9.17) is 0 Å². The van der Waals surface area contributed by atoms with E-state index in [0.29, 0.717) is 0 Å². The average Bonchev–Trinajstić information content (AvgIpc) is 2.23. The molecule has 1 aromatic rings. The molecular weight excluding hydrogens is 282 g/mol.